The molecule has 0 unspecified atom stereocenters. The maximum absolute atomic E-state index is 12.1. The van der Waals surface area contributed by atoms with Gasteiger partial charge in [-0.3, -0.25) is 14.5 Å². The number of carbonyl (C=O) groups is 2. The van der Waals surface area contributed by atoms with Gasteiger partial charge in [-0.15, -0.1) is 0 Å². The number of fused-ring (bicyclic) bond motifs is 1. The van der Waals surface area contributed by atoms with Crippen LogP contribution in [0.5, 0.6) is 0 Å². The van der Waals surface area contributed by atoms with Crippen molar-refractivity contribution in [1.29, 1.82) is 0 Å². The minimum Gasteiger partial charge on any atom is -0.274 e. The number of hydrogen-bond acceptors (Lipinski definition) is 4. The molecular formula is C13H10N2O3. The molecule has 1 saturated carbocycles. The second-order valence-corrected chi connectivity index (χ2v) is 4.60. The Kier molecular flexibility index (Phi) is 2.35. The van der Waals surface area contributed by atoms with E-state index < -0.39 is 0 Å². The summed E-state index contributed by atoms with van der Waals surface area (Å²) in [5.41, 5.74) is 1.07. The normalized spacial score (nSPS) is 17.7. The van der Waals surface area contributed by atoms with Crippen LogP contribution in [-0.2, 0) is 4.79 Å². The molecule has 1 aromatic rings. The Morgan fingerprint density at radius 2 is 1.94 bits per heavy atom. The average molecular weight is 242 g/mol. The number of hydrogen-bond donors (Lipinski definition) is 0. The van der Waals surface area contributed by atoms with Crippen LogP contribution in [0.15, 0.2) is 23.2 Å². The molecular weight excluding hydrogens is 232 g/mol. The third kappa shape index (κ3) is 1.65. The van der Waals surface area contributed by atoms with E-state index in [-0.39, 0.29) is 11.8 Å². The number of nitrogens with zero attached hydrogens (tertiary/aromatic N) is 2. The molecule has 5 nitrogen and oxygen atoms in total. The zero-order valence-electron chi connectivity index (χ0n) is 9.55. The molecule has 1 fully saturated rings. The van der Waals surface area contributed by atoms with E-state index in [1.54, 1.807) is 6.07 Å². The molecule has 0 radical (unpaired) electrons. The minimum atomic E-state index is -0.287. The molecule has 0 saturated heterocycles. The highest BCUT2D eigenvalue weighted by molar-refractivity contribution is 6.21. The summed E-state index contributed by atoms with van der Waals surface area (Å²) in [6.45, 7) is 0.499. The maximum Gasteiger partial charge on any atom is 0.261 e. The topological polar surface area (TPSA) is 66.8 Å². The number of benzene rings is 1. The average Bonchev–Trinajstić information content (AvgIpc) is 3.15. The first kappa shape index (κ1) is 10.9. The van der Waals surface area contributed by atoms with Crippen molar-refractivity contribution in [3.8, 4) is 0 Å². The Labute approximate surface area is 103 Å². The summed E-state index contributed by atoms with van der Waals surface area (Å²) >= 11 is 0. The van der Waals surface area contributed by atoms with Gasteiger partial charge in [0, 0.05) is 6.54 Å². The predicted molar refractivity (Wildman–Crippen MR) is 62.3 cm³/mol. The van der Waals surface area contributed by atoms with E-state index in [1.807, 2.05) is 0 Å². The quantitative estimate of drug-likeness (QED) is 0.460. The van der Waals surface area contributed by atoms with Crippen LogP contribution in [0.3, 0.4) is 0 Å². The van der Waals surface area contributed by atoms with Crippen LogP contribution in [0.4, 0.5) is 5.69 Å². The second kappa shape index (κ2) is 3.89. The zero-order valence-corrected chi connectivity index (χ0v) is 9.55. The van der Waals surface area contributed by atoms with Gasteiger partial charge in [0.05, 0.1) is 16.8 Å². The van der Waals surface area contributed by atoms with E-state index in [4.69, 9.17) is 0 Å². The third-order valence-corrected chi connectivity index (χ3v) is 3.27. The van der Waals surface area contributed by atoms with Gasteiger partial charge in [0.1, 0.15) is 0 Å². The summed E-state index contributed by atoms with van der Waals surface area (Å²) in [4.78, 5) is 39.1. The monoisotopic (exact) mass is 242 g/mol. The van der Waals surface area contributed by atoms with E-state index in [2.05, 4.69) is 4.99 Å². The summed E-state index contributed by atoms with van der Waals surface area (Å²) in [6, 6.07) is 4.54. The van der Waals surface area contributed by atoms with Gasteiger partial charge in [-0.2, -0.15) is 4.99 Å². The standard InChI is InChI=1S/C13H10N2O3/c16-7-14-9-3-4-10-11(5-9)13(18)15(12(10)17)6-8-1-2-8/h3-5,8H,1-2,6H2. The molecule has 3 rings (SSSR count). The van der Waals surface area contributed by atoms with Gasteiger partial charge in [0.2, 0.25) is 6.08 Å². The first-order chi connectivity index (χ1) is 8.70. The molecule has 1 heterocycles. The van der Waals surface area contributed by atoms with Crippen molar-refractivity contribution in [1.82, 2.24) is 4.90 Å². The van der Waals surface area contributed by atoms with Crippen molar-refractivity contribution < 1.29 is 14.4 Å². The first-order valence-corrected chi connectivity index (χ1v) is 5.79. The van der Waals surface area contributed by atoms with Crippen LogP contribution in [0, 0.1) is 5.92 Å². The molecule has 5 heteroatoms. The fourth-order valence-corrected chi connectivity index (χ4v) is 2.13. The van der Waals surface area contributed by atoms with Crippen molar-refractivity contribution in [2.24, 2.45) is 10.9 Å². The lowest BCUT2D eigenvalue weighted by molar-refractivity contribution is 0.0647. The van der Waals surface area contributed by atoms with Gasteiger partial charge in [0.15, 0.2) is 0 Å². The smallest absolute Gasteiger partial charge is 0.261 e. The van der Waals surface area contributed by atoms with Gasteiger partial charge < -0.3 is 0 Å². The van der Waals surface area contributed by atoms with Crippen molar-refractivity contribution in [2.45, 2.75) is 12.8 Å². The number of amides is 2. The number of aliphatic imine (C=N–C) groups is 1. The van der Waals surface area contributed by atoms with Gasteiger partial charge in [-0.1, -0.05) is 0 Å². The third-order valence-electron chi connectivity index (χ3n) is 3.27. The van der Waals surface area contributed by atoms with Crippen LogP contribution in [0.2, 0.25) is 0 Å². The second-order valence-electron chi connectivity index (χ2n) is 4.60. The van der Waals surface area contributed by atoms with E-state index >= 15 is 0 Å². The van der Waals surface area contributed by atoms with Gasteiger partial charge in [-0.25, -0.2) is 4.79 Å². The molecule has 0 N–H and O–H groups in total. The fraction of sp³-hybridized carbons (Fsp3) is 0.308. The van der Waals surface area contributed by atoms with Gasteiger partial charge >= 0.3 is 0 Å². The summed E-state index contributed by atoms with van der Waals surface area (Å²) in [7, 11) is 0. The zero-order chi connectivity index (χ0) is 12.7. The highest BCUT2D eigenvalue weighted by atomic mass is 16.2. The molecule has 1 aromatic carbocycles. The fourth-order valence-electron chi connectivity index (χ4n) is 2.13. The van der Waals surface area contributed by atoms with E-state index in [9.17, 15) is 14.4 Å². The predicted octanol–water partition coefficient (Wildman–Crippen LogP) is 1.66. The number of carbonyl (C=O) groups excluding carboxylic acids is 3. The Morgan fingerprint density at radius 1 is 1.22 bits per heavy atom. The van der Waals surface area contributed by atoms with Crippen LogP contribution in [0.1, 0.15) is 33.6 Å². The molecule has 0 atom stereocenters. The Bertz CT molecular complexity index is 598. The largest absolute Gasteiger partial charge is 0.274 e. The summed E-state index contributed by atoms with van der Waals surface area (Å²) in [5.74, 6) is -0.0759. The summed E-state index contributed by atoms with van der Waals surface area (Å²) < 4.78 is 0. The minimum absolute atomic E-state index is 0.247. The van der Waals surface area contributed by atoms with E-state index in [0.717, 1.165) is 12.8 Å². The van der Waals surface area contributed by atoms with Crippen molar-refractivity contribution in [2.75, 3.05) is 6.54 Å². The lowest BCUT2D eigenvalue weighted by Gasteiger charge is -2.12. The number of rotatable bonds is 3. The Balaban J connectivity index is 1.97. The molecule has 0 aromatic heterocycles. The Morgan fingerprint density at radius 3 is 2.61 bits per heavy atom. The first-order valence-electron chi connectivity index (χ1n) is 5.79. The van der Waals surface area contributed by atoms with Gasteiger partial charge in [0.25, 0.3) is 11.8 Å². The Hall–Kier alpha value is -2.26. The highest BCUT2D eigenvalue weighted by Gasteiger charge is 2.38. The summed E-state index contributed by atoms with van der Waals surface area (Å²) in [6.07, 6.45) is 3.57. The molecule has 18 heavy (non-hydrogen) atoms. The van der Waals surface area contributed by atoms with Gasteiger partial charge in [-0.05, 0) is 37.0 Å². The number of isocyanates is 1. The van der Waals surface area contributed by atoms with E-state index in [1.165, 1.54) is 23.1 Å². The number of imide groups is 1. The molecule has 2 aliphatic rings. The summed E-state index contributed by atoms with van der Waals surface area (Å²) in [5, 5.41) is 0. The van der Waals surface area contributed by atoms with E-state index in [0.29, 0.717) is 29.3 Å². The molecule has 90 valence electrons. The lowest BCUT2D eigenvalue weighted by Crippen LogP contribution is -2.31. The van der Waals surface area contributed by atoms with Crippen LogP contribution < -0.4 is 0 Å². The molecule has 1 aliphatic carbocycles. The van der Waals surface area contributed by atoms with Crippen molar-refractivity contribution in [3.05, 3.63) is 29.3 Å². The highest BCUT2D eigenvalue weighted by Crippen LogP contribution is 2.33. The van der Waals surface area contributed by atoms with Crippen LogP contribution in [0.25, 0.3) is 0 Å². The molecule has 2 amide bonds. The molecule has 0 bridgehead atoms. The molecule has 1 aliphatic heterocycles. The maximum atomic E-state index is 12.1. The molecule has 0 spiro atoms. The van der Waals surface area contributed by atoms with Crippen LogP contribution >= 0.6 is 0 Å². The van der Waals surface area contributed by atoms with Crippen molar-refractivity contribution >= 4 is 23.6 Å². The van der Waals surface area contributed by atoms with Crippen LogP contribution in [-0.4, -0.2) is 29.3 Å². The lowest BCUT2D eigenvalue weighted by atomic mass is 10.1. The SMILES string of the molecule is O=C=Nc1ccc2c(c1)C(=O)N(CC1CC1)C2=O. The van der Waals surface area contributed by atoms with Crippen molar-refractivity contribution in [3.63, 3.8) is 0 Å².